The second-order valence-corrected chi connectivity index (χ2v) is 11.6. The second-order valence-electron chi connectivity index (χ2n) is 11.6. The van der Waals surface area contributed by atoms with Gasteiger partial charge in [0.2, 0.25) is 5.91 Å². The maximum atomic E-state index is 13.5. The minimum atomic E-state index is -1.06. The topological polar surface area (TPSA) is 140 Å². The van der Waals surface area contributed by atoms with Crippen LogP contribution in [0.3, 0.4) is 0 Å². The van der Waals surface area contributed by atoms with Crippen LogP contribution in [-0.4, -0.2) is 63.5 Å². The molecule has 6 atom stereocenters. The number of hydrogen-bond donors (Lipinski definition) is 5. The van der Waals surface area contributed by atoms with Gasteiger partial charge in [-0.1, -0.05) is 81.4 Å². The molecule has 2 saturated heterocycles. The summed E-state index contributed by atoms with van der Waals surface area (Å²) in [5.74, 6) is -0.665. The largest absolute Gasteiger partial charge is 0.390 e. The highest BCUT2D eigenvalue weighted by atomic mass is 19.1. The number of anilines is 1. The van der Waals surface area contributed by atoms with Crippen molar-refractivity contribution in [3.05, 3.63) is 125 Å². The Labute approximate surface area is 291 Å². The molecule has 2 aliphatic heterocycles. The molecule has 50 heavy (non-hydrogen) atoms. The summed E-state index contributed by atoms with van der Waals surface area (Å²) in [6.07, 6.45) is -2.26. The number of carbonyl (C=O) groups excluding carboxylic acids is 1. The monoisotopic (exact) mass is 695 g/mol. The zero-order valence-corrected chi connectivity index (χ0v) is 28.7. The average molecular weight is 696 g/mol. The number of benzene rings is 4. The zero-order valence-electron chi connectivity index (χ0n) is 28.7. The minimum Gasteiger partial charge on any atom is -0.390 e. The fourth-order valence-corrected chi connectivity index (χ4v) is 5.88. The molecule has 0 radical (unpaired) electrons. The van der Waals surface area contributed by atoms with Crippen LogP contribution in [0.15, 0.2) is 97.1 Å². The van der Waals surface area contributed by atoms with E-state index in [1.807, 2.05) is 63.2 Å². The van der Waals surface area contributed by atoms with Gasteiger partial charge in [0.1, 0.15) is 17.7 Å². The van der Waals surface area contributed by atoms with E-state index >= 15 is 0 Å². The summed E-state index contributed by atoms with van der Waals surface area (Å²) in [6, 6.07) is 27.6. The highest BCUT2D eigenvalue weighted by molar-refractivity contribution is 6.01. The maximum absolute atomic E-state index is 13.5. The molecule has 270 valence electrons. The Morgan fingerprint density at radius 3 is 2.04 bits per heavy atom. The third kappa shape index (κ3) is 10.2. The van der Waals surface area contributed by atoms with E-state index < -0.39 is 30.7 Å². The molecule has 2 fully saturated rings. The highest BCUT2D eigenvalue weighted by Crippen LogP contribution is 2.42. The number of hydrogen-bond acceptors (Lipinski definition) is 8. The van der Waals surface area contributed by atoms with Crippen molar-refractivity contribution in [1.29, 1.82) is 0 Å². The fourth-order valence-electron chi connectivity index (χ4n) is 5.88. The van der Waals surface area contributed by atoms with Gasteiger partial charge in [0.25, 0.3) is 0 Å². The lowest BCUT2D eigenvalue weighted by molar-refractivity contribution is -0.241. The Balaban J connectivity index is 0.000000380. The predicted molar refractivity (Wildman–Crippen MR) is 187 cm³/mol. The molecule has 2 heterocycles. The Hall–Kier alpha value is -4.07. The third-order valence-electron chi connectivity index (χ3n) is 8.52. The van der Waals surface area contributed by atoms with Crippen molar-refractivity contribution in [3.63, 3.8) is 0 Å². The lowest BCUT2D eigenvalue weighted by atomic mass is 9.84. The van der Waals surface area contributed by atoms with Gasteiger partial charge < -0.3 is 29.7 Å². The molecule has 4 aromatic carbocycles. The normalized spacial score (nSPS) is 21.6. The lowest BCUT2D eigenvalue weighted by Crippen LogP contribution is -2.50. The SMILES string of the molecule is CC.CCC(O)c1ccc(F)cc1.CO[C@H]1CC(O)[C@@H](O)C(Cc2cc(-c3ccccc3)ccc2C2CC(=O)N2c2ccc(F)cc2)O1.OO. The van der Waals surface area contributed by atoms with Crippen LogP contribution in [0.25, 0.3) is 11.1 Å². The van der Waals surface area contributed by atoms with Gasteiger partial charge in [-0.3, -0.25) is 15.3 Å². The van der Waals surface area contributed by atoms with Crippen LogP contribution in [-0.2, 0) is 20.7 Å². The quantitative estimate of drug-likeness (QED) is 0.0735. The van der Waals surface area contributed by atoms with Crippen LogP contribution in [0.4, 0.5) is 14.5 Å². The molecule has 6 rings (SSSR count). The molecule has 9 nitrogen and oxygen atoms in total. The van der Waals surface area contributed by atoms with Crippen molar-refractivity contribution in [1.82, 2.24) is 0 Å². The molecular formula is C39H47F2NO8. The van der Waals surface area contributed by atoms with E-state index in [-0.39, 0.29) is 30.0 Å². The van der Waals surface area contributed by atoms with Gasteiger partial charge in [0.05, 0.1) is 30.8 Å². The van der Waals surface area contributed by atoms with Crippen LogP contribution in [0.2, 0.25) is 0 Å². The summed E-state index contributed by atoms with van der Waals surface area (Å²) in [4.78, 5) is 14.3. The molecule has 0 aliphatic carbocycles. The fraction of sp³-hybridized carbons (Fsp3) is 0.359. The summed E-state index contributed by atoms with van der Waals surface area (Å²) in [6.45, 7) is 5.88. The van der Waals surface area contributed by atoms with Gasteiger partial charge in [0.15, 0.2) is 6.29 Å². The summed E-state index contributed by atoms with van der Waals surface area (Å²) in [5, 5.41) is 42.3. The van der Waals surface area contributed by atoms with Crippen LogP contribution in [0.1, 0.15) is 68.9 Å². The standard InChI is InChI=1S/C28H28FNO5.C9H11FO.C2H6.H2O2/c1-34-27-16-24(31)28(33)25(35-27)14-19-13-18(17-5-3-2-4-6-17)7-12-22(19)23-15-26(32)30(23)21-10-8-20(29)9-11-21;1-2-9(11)7-3-5-8(10)6-4-7;2*1-2/h2-13,23-25,27-28,31,33H,14-16H2,1H3;3-6,9,11H,2H2,1H3;1-2H3;1-2H/t23?,24?,25?,27-,28-;;;/m1.../s1. The number of aliphatic hydroxyl groups is 3. The van der Waals surface area contributed by atoms with Gasteiger partial charge in [-0.15, -0.1) is 0 Å². The molecule has 0 aromatic heterocycles. The van der Waals surface area contributed by atoms with E-state index in [0.717, 1.165) is 27.8 Å². The predicted octanol–water partition coefficient (Wildman–Crippen LogP) is 7.31. The lowest BCUT2D eigenvalue weighted by Gasteiger charge is -2.42. The Kier molecular flexibility index (Phi) is 16.1. The highest BCUT2D eigenvalue weighted by Gasteiger charge is 2.41. The molecule has 0 bridgehead atoms. The van der Waals surface area contributed by atoms with Crippen LogP contribution >= 0.6 is 0 Å². The number of aliphatic hydroxyl groups excluding tert-OH is 3. The van der Waals surface area contributed by atoms with Crippen LogP contribution in [0, 0.1) is 11.6 Å². The van der Waals surface area contributed by atoms with E-state index in [1.54, 1.807) is 29.2 Å². The first-order valence-corrected chi connectivity index (χ1v) is 16.6. The van der Waals surface area contributed by atoms with Gasteiger partial charge in [-0.05, 0) is 70.6 Å². The number of β-lactam (4-membered cyclic amide) rings is 1. The molecule has 5 N–H and O–H groups in total. The summed E-state index contributed by atoms with van der Waals surface area (Å²) < 4.78 is 37.1. The molecular weight excluding hydrogens is 648 g/mol. The Bertz CT molecular complexity index is 1590. The van der Waals surface area contributed by atoms with Gasteiger partial charge in [0, 0.05) is 25.6 Å². The van der Waals surface area contributed by atoms with Gasteiger partial charge >= 0.3 is 0 Å². The Morgan fingerprint density at radius 1 is 0.880 bits per heavy atom. The molecule has 4 aromatic rings. The summed E-state index contributed by atoms with van der Waals surface area (Å²) >= 11 is 0. The van der Waals surface area contributed by atoms with Crippen LogP contribution < -0.4 is 4.90 Å². The number of methoxy groups -OCH3 is 1. The number of halogens is 2. The van der Waals surface area contributed by atoms with Crippen molar-refractivity contribution in [2.75, 3.05) is 12.0 Å². The van der Waals surface area contributed by atoms with Crippen molar-refractivity contribution in [2.45, 2.75) is 83.2 Å². The average Bonchev–Trinajstić information content (AvgIpc) is 3.15. The van der Waals surface area contributed by atoms with Crippen molar-refractivity contribution < 1.29 is 48.9 Å². The van der Waals surface area contributed by atoms with Crippen molar-refractivity contribution in [2.24, 2.45) is 0 Å². The molecule has 4 unspecified atom stereocenters. The first-order chi connectivity index (χ1) is 24.2. The first-order valence-electron chi connectivity index (χ1n) is 16.6. The second kappa shape index (κ2) is 19.9. The number of amides is 1. The van der Waals surface area contributed by atoms with Gasteiger partial charge in [-0.25, -0.2) is 8.78 Å². The number of nitrogens with zero attached hydrogens (tertiary/aromatic N) is 1. The number of rotatable bonds is 8. The van der Waals surface area contributed by atoms with Crippen LogP contribution in [0.5, 0.6) is 0 Å². The summed E-state index contributed by atoms with van der Waals surface area (Å²) in [5.41, 5.74) is 5.28. The third-order valence-corrected chi connectivity index (χ3v) is 8.52. The molecule has 1 amide bonds. The smallest absolute Gasteiger partial charge is 0.230 e. The zero-order chi connectivity index (χ0) is 36.8. The first kappa shape index (κ1) is 40.4. The van der Waals surface area contributed by atoms with Crippen molar-refractivity contribution in [3.8, 4) is 11.1 Å². The van der Waals surface area contributed by atoms with E-state index in [9.17, 15) is 28.9 Å². The Morgan fingerprint density at radius 2 is 1.48 bits per heavy atom. The summed E-state index contributed by atoms with van der Waals surface area (Å²) in [7, 11) is 1.51. The van der Waals surface area contributed by atoms with Crippen molar-refractivity contribution >= 4 is 11.6 Å². The van der Waals surface area contributed by atoms with E-state index in [0.29, 0.717) is 24.9 Å². The maximum Gasteiger partial charge on any atom is 0.230 e. The molecule has 0 spiro atoms. The van der Waals surface area contributed by atoms with E-state index in [1.165, 1.54) is 31.4 Å². The van der Waals surface area contributed by atoms with E-state index in [2.05, 4.69) is 6.07 Å². The van der Waals surface area contributed by atoms with E-state index in [4.69, 9.17) is 20.0 Å². The molecule has 2 aliphatic rings. The minimum absolute atomic E-state index is 0.0384. The number of ether oxygens (including phenoxy) is 2. The van der Waals surface area contributed by atoms with Gasteiger partial charge in [-0.2, -0.15) is 0 Å². The molecule has 11 heteroatoms. The molecule has 0 saturated carbocycles. The number of carbonyl (C=O) groups is 1.